The van der Waals surface area contributed by atoms with E-state index in [1.165, 1.54) is 0 Å². The molecule has 0 aromatic heterocycles. The van der Waals surface area contributed by atoms with Gasteiger partial charge in [0.05, 0.1) is 12.7 Å². The van der Waals surface area contributed by atoms with E-state index in [1.807, 2.05) is 6.92 Å². The predicted octanol–water partition coefficient (Wildman–Crippen LogP) is 0.919. The molecule has 0 aromatic rings. The van der Waals surface area contributed by atoms with Gasteiger partial charge in [0, 0.05) is 19.6 Å². The molecule has 3 nitrogen and oxygen atoms in total. The zero-order valence-corrected chi connectivity index (χ0v) is 8.01. The molecule has 0 saturated carbocycles. The van der Waals surface area contributed by atoms with E-state index in [0.717, 1.165) is 19.4 Å². The van der Waals surface area contributed by atoms with Gasteiger partial charge in [0.15, 0.2) is 0 Å². The van der Waals surface area contributed by atoms with Crippen LogP contribution in [-0.2, 0) is 9.47 Å². The van der Waals surface area contributed by atoms with Gasteiger partial charge in [0.2, 0.25) is 0 Å². The highest BCUT2D eigenvalue weighted by atomic mass is 16.6. The summed E-state index contributed by atoms with van der Waals surface area (Å²) in [5.74, 6) is 0. The first-order valence-corrected chi connectivity index (χ1v) is 4.72. The van der Waals surface area contributed by atoms with Crippen molar-refractivity contribution in [3.8, 4) is 0 Å². The lowest BCUT2D eigenvalue weighted by Gasteiger charge is -2.25. The summed E-state index contributed by atoms with van der Waals surface area (Å²) in [5.41, 5.74) is 5.48. The molecule has 1 aliphatic rings. The maximum absolute atomic E-state index is 5.67. The molecule has 2 unspecified atom stereocenters. The maximum atomic E-state index is 5.67. The number of hydrogen-bond donors (Lipinski definition) is 1. The van der Waals surface area contributed by atoms with Gasteiger partial charge in [0.1, 0.15) is 5.60 Å². The molecule has 2 N–H and O–H groups in total. The van der Waals surface area contributed by atoms with Crippen LogP contribution in [0.2, 0.25) is 0 Å². The largest absolute Gasteiger partial charge is 0.375 e. The molecule has 1 rings (SSSR count). The molecule has 0 spiro atoms. The molecule has 1 saturated heterocycles. The highest BCUT2D eigenvalue weighted by Gasteiger charge is 2.38. The number of ether oxygens (including phenoxy) is 2. The van der Waals surface area contributed by atoms with Gasteiger partial charge >= 0.3 is 0 Å². The normalized spacial score (nSPS) is 35.8. The first kappa shape index (κ1) is 9.96. The highest BCUT2D eigenvalue weighted by molar-refractivity contribution is 4.90. The van der Waals surface area contributed by atoms with Crippen LogP contribution in [0.1, 0.15) is 26.7 Å². The molecule has 2 atom stereocenters. The minimum atomic E-state index is -0.185. The van der Waals surface area contributed by atoms with E-state index in [9.17, 15) is 0 Å². The van der Waals surface area contributed by atoms with E-state index >= 15 is 0 Å². The van der Waals surface area contributed by atoms with Crippen molar-refractivity contribution in [2.24, 2.45) is 5.73 Å². The van der Waals surface area contributed by atoms with Crippen molar-refractivity contribution in [1.29, 1.82) is 0 Å². The molecular formula is C9H19NO2. The summed E-state index contributed by atoms with van der Waals surface area (Å²) in [6.07, 6.45) is 2.35. The lowest BCUT2D eigenvalue weighted by molar-refractivity contribution is -0.0373. The monoisotopic (exact) mass is 173 g/mol. The summed E-state index contributed by atoms with van der Waals surface area (Å²) < 4.78 is 11.2. The third kappa shape index (κ3) is 1.97. The Labute approximate surface area is 74.2 Å². The smallest absolute Gasteiger partial charge is 0.106 e. The quantitative estimate of drug-likeness (QED) is 0.687. The van der Waals surface area contributed by atoms with Crippen LogP contribution in [0.25, 0.3) is 0 Å². The first-order chi connectivity index (χ1) is 5.76. The zero-order valence-electron chi connectivity index (χ0n) is 8.01. The summed E-state index contributed by atoms with van der Waals surface area (Å²) in [6, 6.07) is 0. The summed E-state index contributed by atoms with van der Waals surface area (Å²) in [5, 5.41) is 0. The maximum Gasteiger partial charge on any atom is 0.106 e. The van der Waals surface area contributed by atoms with Gasteiger partial charge in [-0.25, -0.2) is 0 Å². The average Bonchev–Trinajstić information content (AvgIpc) is 2.50. The Bertz CT molecular complexity index is 140. The van der Waals surface area contributed by atoms with Crippen molar-refractivity contribution >= 4 is 0 Å². The Kier molecular flexibility index (Phi) is 3.50. The van der Waals surface area contributed by atoms with Crippen molar-refractivity contribution in [1.82, 2.24) is 0 Å². The van der Waals surface area contributed by atoms with Gasteiger partial charge in [-0.15, -0.1) is 0 Å². The Hall–Kier alpha value is -0.120. The van der Waals surface area contributed by atoms with E-state index in [4.69, 9.17) is 15.2 Å². The van der Waals surface area contributed by atoms with Crippen LogP contribution >= 0.6 is 0 Å². The molecule has 0 radical (unpaired) electrons. The summed E-state index contributed by atoms with van der Waals surface area (Å²) in [6.45, 7) is 6.07. The Morgan fingerprint density at radius 2 is 2.33 bits per heavy atom. The first-order valence-electron chi connectivity index (χ1n) is 4.72. The average molecular weight is 173 g/mol. The molecule has 72 valence electrons. The minimum absolute atomic E-state index is 0.185. The number of hydrogen-bond acceptors (Lipinski definition) is 3. The SMILES string of the molecule is CCOC1(CN)COC(CC)C1. The second-order valence-corrected chi connectivity index (χ2v) is 3.37. The third-order valence-corrected chi connectivity index (χ3v) is 2.46. The molecule has 0 aromatic carbocycles. The van der Waals surface area contributed by atoms with Gasteiger partial charge in [-0.3, -0.25) is 0 Å². The molecule has 0 aliphatic carbocycles. The highest BCUT2D eigenvalue weighted by Crippen LogP contribution is 2.28. The van der Waals surface area contributed by atoms with Crippen LogP contribution in [0.15, 0.2) is 0 Å². The van der Waals surface area contributed by atoms with Crippen molar-refractivity contribution < 1.29 is 9.47 Å². The van der Waals surface area contributed by atoms with Crippen LogP contribution < -0.4 is 5.73 Å². The van der Waals surface area contributed by atoms with Gasteiger partial charge in [-0.05, 0) is 13.3 Å². The second-order valence-electron chi connectivity index (χ2n) is 3.37. The van der Waals surface area contributed by atoms with Gasteiger partial charge in [0.25, 0.3) is 0 Å². The van der Waals surface area contributed by atoms with Crippen LogP contribution in [0.3, 0.4) is 0 Å². The zero-order chi connectivity index (χ0) is 9.03. The van der Waals surface area contributed by atoms with E-state index in [-0.39, 0.29) is 5.60 Å². The Balaban J connectivity index is 2.47. The fourth-order valence-corrected chi connectivity index (χ4v) is 1.67. The van der Waals surface area contributed by atoms with Gasteiger partial charge < -0.3 is 15.2 Å². The lowest BCUT2D eigenvalue weighted by Crippen LogP contribution is -2.41. The van der Waals surface area contributed by atoms with E-state index in [0.29, 0.717) is 19.3 Å². The molecule has 0 bridgehead atoms. The Morgan fingerprint density at radius 1 is 1.58 bits per heavy atom. The second kappa shape index (κ2) is 4.21. The fraction of sp³-hybridized carbons (Fsp3) is 1.00. The number of nitrogens with two attached hydrogens (primary N) is 1. The minimum Gasteiger partial charge on any atom is -0.375 e. The molecule has 1 fully saturated rings. The van der Waals surface area contributed by atoms with Crippen LogP contribution in [-0.4, -0.2) is 31.5 Å². The summed E-state index contributed by atoms with van der Waals surface area (Å²) >= 11 is 0. The molecule has 1 aliphatic heterocycles. The van der Waals surface area contributed by atoms with Crippen molar-refractivity contribution in [2.75, 3.05) is 19.8 Å². The van der Waals surface area contributed by atoms with Gasteiger partial charge in [-0.1, -0.05) is 6.92 Å². The van der Waals surface area contributed by atoms with E-state index in [1.54, 1.807) is 0 Å². The van der Waals surface area contributed by atoms with E-state index in [2.05, 4.69) is 6.92 Å². The standard InChI is InChI=1S/C9H19NO2/c1-3-8-5-9(6-10,7-11-8)12-4-2/h8H,3-7,10H2,1-2H3. The molecule has 12 heavy (non-hydrogen) atoms. The number of rotatable bonds is 4. The fourth-order valence-electron chi connectivity index (χ4n) is 1.67. The summed E-state index contributed by atoms with van der Waals surface area (Å²) in [4.78, 5) is 0. The topological polar surface area (TPSA) is 44.5 Å². The molecule has 1 heterocycles. The van der Waals surface area contributed by atoms with Crippen LogP contribution in [0.4, 0.5) is 0 Å². The third-order valence-electron chi connectivity index (χ3n) is 2.46. The molecule has 3 heteroatoms. The summed E-state index contributed by atoms with van der Waals surface area (Å²) in [7, 11) is 0. The van der Waals surface area contributed by atoms with Crippen molar-refractivity contribution in [2.45, 2.75) is 38.4 Å². The van der Waals surface area contributed by atoms with Crippen molar-refractivity contribution in [3.05, 3.63) is 0 Å². The molecule has 0 amide bonds. The lowest BCUT2D eigenvalue weighted by atomic mass is 9.99. The van der Waals surface area contributed by atoms with Crippen LogP contribution in [0.5, 0.6) is 0 Å². The Morgan fingerprint density at radius 3 is 2.75 bits per heavy atom. The van der Waals surface area contributed by atoms with Crippen molar-refractivity contribution in [3.63, 3.8) is 0 Å². The van der Waals surface area contributed by atoms with Gasteiger partial charge in [-0.2, -0.15) is 0 Å². The van der Waals surface area contributed by atoms with Crippen LogP contribution in [0, 0.1) is 0 Å². The predicted molar refractivity (Wildman–Crippen MR) is 48.1 cm³/mol. The molecular weight excluding hydrogens is 154 g/mol. The van der Waals surface area contributed by atoms with E-state index < -0.39 is 0 Å².